The Hall–Kier alpha value is -2.02. The first kappa shape index (κ1) is 12.4. The molecule has 2 rings (SSSR count). The van der Waals surface area contributed by atoms with Gasteiger partial charge in [-0.1, -0.05) is 6.07 Å². The van der Waals surface area contributed by atoms with Gasteiger partial charge in [0.1, 0.15) is 6.04 Å². The van der Waals surface area contributed by atoms with Crippen LogP contribution in [0.25, 0.3) is 0 Å². The average Bonchev–Trinajstić information content (AvgIpc) is 3.20. The van der Waals surface area contributed by atoms with E-state index in [1.54, 1.807) is 6.07 Å². The van der Waals surface area contributed by atoms with Crippen molar-refractivity contribution in [2.75, 3.05) is 19.0 Å². The van der Waals surface area contributed by atoms with Crippen molar-refractivity contribution in [2.45, 2.75) is 18.9 Å². The van der Waals surface area contributed by atoms with Crippen molar-refractivity contribution in [1.29, 1.82) is 5.26 Å². The number of carbonyl (C=O) groups is 1. The van der Waals surface area contributed by atoms with E-state index in [1.807, 2.05) is 37.2 Å². The van der Waals surface area contributed by atoms with E-state index in [0.29, 0.717) is 11.5 Å². The molecule has 18 heavy (non-hydrogen) atoms. The Kier molecular flexibility index (Phi) is 3.52. The molecule has 1 aliphatic rings. The van der Waals surface area contributed by atoms with Crippen LogP contribution in [0.4, 0.5) is 5.69 Å². The van der Waals surface area contributed by atoms with Crippen LogP contribution in [-0.2, 0) is 0 Å². The number of nitriles is 1. The summed E-state index contributed by atoms with van der Waals surface area (Å²) in [5, 5.41) is 11.8. The smallest absolute Gasteiger partial charge is 0.252 e. The zero-order valence-corrected chi connectivity index (χ0v) is 10.7. The quantitative estimate of drug-likeness (QED) is 0.877. The standard InChI is InChI=1S/C14H17N3O/c1-17(2)12-5-3-4-11(8-12)14(18)16-13(9-15)10-6-7-10/h3-5,8,10,13H,6-7H2,1-2H3,(H,16,18). The Morgan fingerprint density at radius 1 is 1.50 bits per heavy atom. The van der Waals surface area contributed by atoms with Gasteiger partial charge in [0.15, 0.2) is 0 Å². The molecule has 1 aliphatic carbocycles. The van der Waals surface area contributed by atoms with Gasteiger partial charge in [0.2, 0.25) is 0 Å². The highest BCUT2D eigenvalue weighted by Gasteiger charge is 2.32. The number of amides is 1. The van der Waals surface area contributed by atoms with Crippen LogP contribution in [0.15, 0.2) is 24.3 Å². The Morgan fingerprint density at radius 3 is 2.78 bits per heavy atom. The molecule has 1 unspecified atom stereocenters. The summed E-state index contributed by atoms with van der Waals surface area (Å²) >= 11 is 0. The lowest BCUT2D eigenvalue weighted by Gasteiger charge is -2.14. The van der Waals surface area contributed by atoms with Gasteiger partial charge in [-0.2, -0.15) is 5.26 Å². The lowest BCUT2D eigenvalue weighted by molar-refractivity contribution is 0.0942. The topological polar surface area (TPSA) is 56.1 Å². The zero-order valence-electron chi connectivity index (χ0n) is 10.7. The minimum atomic E-state index is -0.347. The van der Waals surface area contributed by atoms with Crippen LogP contribution in [-0.4, -0.2) is 26.0 Å². The minimum Gasteiger partial charge on any atom is -0.378 e. The summed E-state index contributed by atoms with van der Waals surface area (Å²) < 4.78 is 0. The molecule has 0 heterocycles. The second-order valence-corrected chi connectivity index (χ2v) is 4.86. The number of benzene rings is 1. The van der Waals surface area contributed by atoms with Crippen LogP contribution in [0.5, 0.6) is 0 Å². The van der Waals surface area contributed by atoms with Crippen molar-refractivity contribution in [3.8, 4) is 6.07 Å². The van der Waals surface area contributed by atoms with E-state index in [4.69, 9.17) is 5.26 Å². The van der Waals surface area contributed by atoms with Gasteiger partial charge in [-0.25, -0.2) is 0 Å². The molecular weight excluding hydrogens is 226 g/mol. The lowest BCUT2D eigenvalue weighted by Crippen LogP contribution is -2.35. The van der Waals surface area contributed by atoms with Crippen LogP contribution < -0.4 is 10.2 Å². The number of rotatable bonds is 4. The van der Waals surface area contributed by atoms with E-state index < -0.39 is 0 Å². The first-order valence-electron chi connectivity index (χ1n) is 6.09. The maximum Gasteiger partial charge on any atom is 0.252 e. The molecule has 1 saturated carbocycles. The molecule has 1 N–H and O–H groups in total. The van der Waals surface area contributed by atoms with Crippen molar-refractivity contribution >= 4 is 11.6 Å². The van der Waals surface area contributed by atoms with E-state index in [2.05, 4.69) is 11.4 Å². The number of hydrogen-bond donors (Lipinski definition) is 1. The lowest BCUT2D eigenvalue weighted by atomic mass is 10.1. The predicted octanol–water partition coefficient (Wildman–Crippen LogP) is 1.78. The molecule has 0 spiro atoms. The monoisotopic (exact) mass is 243 g/mol. The largest absolute Gasteiger partial charge is 0.378 e. The number of nitrogens with zero attached hydrogens (tertiary/aromatic N) is 2. The third kappa shape index (κ3) is 2.80. The van der Waals surface area contributed by atoms with Crippen molar-refractivity contribution < 1.29 is 4.79 Å². The van der Waals surface area contributed by atoms with Gasteiger partial charge in [0.05, 0.1) is 6.07 Å². The third-order valence-corrected chi connectivity index (χ3v) is 3.14. The normalized spacial score (nSPS) is 15.6. The summed E-state index contributed by atoms with van der Waals surface area (Å²) in [4.78, 5) is 14.0. The summed E-state index contributed by atoms with van der Waals surface area (Å²) in [5.74, 6) is 0.174. The highest BCUT2D eigenvalue weighted by Crippen LogP contribution is 2.32. The third-order valence-electron chi connectivity index (χ3n) is 3.14. The molecule has 1 fully saturated rings. The number of nitrogens with one attached hydrogen (secondary N) is 1. The molecule has 1 atom stereocenters. The number of hydrogen-bond acceptors (Lipinski definition) is 3. The second-order valence-electron chi connectivity index (χ2n) is 4.86. The maximum atomic E-state index is 12.0. The van der Waals surface area contributed by atoms with Crippen LogP contribution in [0.1, 0.15) is 23.2 Å². The van der Waals surface area contributed by atoms with E-state index >= 15 is 0 Å². The van der Waals surface area contributed by atoms with Gasteiger partial charge in [0.25, 0.3) is 5.91 Å². The van der Waals surface area contributed by atoms with Gasteiger partial charge in [0, 0.05) is 25.3 Å². The molecule has 1 amide bonds. The Labute approximate surface area is 107 Å². The van der Waals surface area contributed by atoms with E-state index in [9.17, 15) is 4.79 Å². The number of carbonyl (C=O) groups excluding carboxylic acids is 1. The van der Waals surface area contributed by atoms with E-state index in [0.717, 1.165) is 18.5 Å². The van der Waals surface area contributed by atoms with Crippen molar-refractivity contribution in [1.82, 2.24) is 5.32 Å². The van der Waals surface area contributed by atoms with Crippen LogP contribution in [0, 0.1) is 17.2 Å². The molecule has 4 heteroatoms. The first-order chi connectivity index (χ1) is 8.61. The summed E-state index contributed by atoms with van der Waals surface area (Å²) in [6, 6.07) is 9.20. The molecule has 1 aromatic rings. The molecule has 0 radical (unpaired) electrons. The molecule has 94 valence electrons. The fourth-order valence-electron chi connectivity index (χ4n) is 1.83. The number of anilines is 1. The highest BCUT2D eigenvalue weighted by atomic mass is 16.1. The predicted molar refractivity (Wildman–Crippen MR) is 70.4 cm³/mol. The van der Waals surface area contributed by atoms with Crippen LogP contribution in [0.3, 0.4) is 0 Å². The van der Waals surface area contributed by atoms with Gasteiger partial charge in [-0.3, -0.25) is 4.79 Å². The Morgan fingerprint density at radius 2 is 2.22 bits per heavy atom. The zero-order chi connectivity index (χ0) is 13.1. The van der Waals surface area contributed by atoms with E-state index in [1.165, 1.54) is 0 Å². The average molecular weight is 243 g/mol. The first-order valence-corrected chi connectivity index (χ1v) is 6.09. The van der Waals surface area contributed by atoms with Gasteiger partial charge in [-0.05, 0) is 37.0 Å². The van der Waals surface area contributed by atoms with Crippen molar-refractivity contribution in [2.24, 2.45) is 5.92 Å². The maximum absolute atomic E-state index is 12.0. The summed E-state index contributed by atoms with van der Waals surface area (Å²) in [7, 11) is 3.86. The molecule has 0 aromatic heterocycles. The highest BCUT2D eigenvalue weighted by molar-refractivity contribution is 5.95. The van der Waals surface area contributed by atoms with Gasteiger partial charge < -0.3 is 10.2 Å². The van der Waals surface area contributed by atoms with Gasteiger partial charge in [-0.15, -0.1) is 0 Å². The van der Waals surface area contributed by atoms with Crippen LogP contribution in [0.2, 0.25) is 0 Å². The van der Waals surface area contributed by atoms with Crippen molar-refractivity contribution in [3.05, 3.63) is 29.8 Å². The Bertz CT molecular complexity index is 486. The molecule has 0 saturated heterocycles. The fourth-order valence-corrected chi connectivity index (χ4v) is 1.83. The summed E-state index contributed by atoms with van der Waals surface area (Å²) in [6.07, 6.45) is 2.08. The summed E-state index contributed by atoms with van der Waals surface area (Å²) in [5.41, 5.74) is 1.57. The SMILES string of the molecule is CN(C)c1cccc(C(=O)NC(C#N)C2CC2)c1. The summed E-state index contributed by atoms with van der Waals surface area (Å²) in [6.45, 7) is 0. The molecule has 4 nitrogen and oxygen atoms in total. The Balaban J connectivity index is 2.08. The fraction of sp³-hybridized carbons (Fsp3) is 0.429. The molecular formula is C14H17N3O. The van der Waals surface area contributed by atoms with Crippen LogP contribution >= 0.6 is 0 Å². The van der Waals surface area contributed by atoms with Crippen molar-refractivity contribution in [3.63, 3.8) is 0 Å². The van der Waals surface area contributed by atoms with E-state index in [-0.39, 0.29) is 11.9 Å². The minimum absolute atomic E-state index is 0.169. The molecule has 1 aromatic carbocycles. The second kappa shape index (κ2) is 5.09. The molecule has 0 aliphatic heterocycles. The molecule has 0 bridgehead atoms. The van der Waals surface area contributed by atoms with Gasteiger partial charge >= 0.3 is 0 Å².